The highest BCUT2D eigenvalue weighted by Gasteiger charge is 2.19. The van der Waals surface area contributed by atoms with Gasteiger partial charge in [-0.2, -0.15) is 0 Å². The second-order valence-corrected chi connectivity index (χ2v) is 4.82. The summed E-state index contributed by atoms with van der Waals surface area (Å²) in [5, 5.41) is 0. The van der Waals surface area contributed by atoms with Crippen LogP contribution in [0.3, 0.4) is 0 Å². The number of hydrogen-bond donors (Lipinski definition) is 1. The highest BCUT2D eigenvalue weighted by Crippen LogP contribution is 2.34. The molecule has 0 aromatic heterocycles. The van der Waals surface area contributed by atoms with E-state index in [1.165, 1.54) is 40.4 Å². The maximum absolute atomic E-state index is 6.10. The Kier molecular flexibility index (Phi) is 2.93. The van der Waals surface area contributed by atoms with Gasteiger partial charge in [0.1, 0.15) is 0 Å². The smallest absolute Gasteiger partial charge is 0.0295 e. The fraction of sp³-hybridized carbons (Fsp3) is 0.500. The van der Waals surface area contributed by atoms with Crippen LogP contribution in [0.15, 0.2) is 16.6 Å². The summed E-state index contributed by atoms with van der Waals surface area (Å²) in [6, 6.07) is 4.55. The average molecular weight is 254 g/mol. The van der Waals surface area contributed by atoms with Crippen molar-refractivity contribution in [2.75, 3.05) is 0 Å². The first-order chi connectivity index (χ1) is 6.74. The Balaban J connectivity index is 2.48. The molecule has 14 heavy (non-hydrogen) atoms. The zero-order valence-electron chi connectivity index (χ0n) is 8.52. The minimum Gasteiger partial charge on any atom is -0.324 e. The van der Waals surface area contributed by atoms with Crippen molar-refractivity contribution < 1.29 is 0 Å². The molecule has 76 valence electrons. The van der Waals surface area contributed by atoms with Crippen molar-refractivity contribution in [3.8, 4) is 0 Å². The van der Waals surface area contributed by atoms with Crippen LogP contribution in [0.2, 0.25) is 0 Å². The SMILES string of the molecule is CC[C@H](N)c1ccc(Br)c2c1CCC2. The lowest BCUT2D eigenvalue weighted by Crippen LogP contribution is -2.11. The molecule has 1 nitrogen and oxygen atoms in total. The Morgan fingerprint density at radius 1 is 1.36 bits per heavy atom. The van der Waals surface area contributed by atoms with Crippen LogP contribution in [0.1, 0.15) is 42.5 Å². The number of rotatable bonds is 2. The molecule has 0 fully saturated rings. The molecule has 0 aliphatic heterocycles. The number of halogens is 1. The molecule has 0 bridgehead atoms. The largest absolute Gasteiger partial charge is 0.324 e. The molecule has 2 rings (SSSR count). The molecule has 0 saturated carbocycles. The Labute approximate surface area is 93.8 Å². The van der Waals surface area contributed by atoms with Crippen molar-refractivity contribution in [1.29, 1.82) is 0 Å². The molecule has 2 N–H and O–H groups in total. The molecule has 1 aliphatic rings. The van der Waals surface area contributed by atoms with E-state index < -0.39 is 0 Å². The van der Waals surface area contributed by atoms with Crippen LogP contribution in [0.4, 0.5) is 0 Å². The maximum atomic E-state index is 6.10. The van der Waals surface area contributed by atoms with E-state index in [0.29, 0.717) is 0 Å². The minimum atomic E-state index is 0.218. The summed E-state index contributed by atoms with van der Waals surface area (Å²) in [7, 11) is 0. The van der Waals surface area contributed by atoms with Crippen molar-refractivity contribution in [3.63, 3.8) is 0 Å². The average Bonchev–Trinajstić information content (AvgIpc) is 2.67. The maximum Gasteiger partial charge on any atom is 0.0295 e. The third-order valence-electron chi connectivity index (χ3n) is 3.10. The van der Waals surface area contributed by atoms with Gasteiger partial charge in [-0.15, -0.1) is 0 Å². The summed E-state index contributed by atoms with van der Waals surface area (Å²) in [6.07, 6.45) is 4.72. The Hall–Kier alpha value is -0.340. The van der Waals surface area contributed by atoms with Gasteiger partial charge in [-0.3, -0.25) is 0 Å². The minimum absolute atomic E-state index is 0.218. The van der Waals surface area contributed by atoms with Crippen molar-refractivity contribution in [3.05, 3.63) is 33.3 Å². The van der Waals surface area contributed by atoms with Gasteiger partial charge in [0, 0.05) is 10.5 Å². The van der Waals surface area contributed by atoms with Crippen molar-refractivity contribution in [1.82, 2.24) is 0 Å². The predicted octanol–water partition coefficient (Wildman–Crippen LogP) is 3.35. The van der Waals surface area contributed by atoms with E-state index in [2.05, 4.69) is 35.0 Å². The van der Waals surface area contributed by atoms with Crippen molar-refractivity contribution in [2.45, 2.75) is 38.6 Å². The number of nitrogens with two attached hydrogens (primary N) is 1. The van der Waals surface area contributed by atoms with E-state index in [1.807, 2.05) is 0 Å². The van der Waals surface area contributed by atoms with Crippen LogP contribution >= 0.6 is 15.9 Å². The van der Waals surface area contributed by atoms with Crippen LogP contribution in [0.5, 0.6) is 0 Å². The molecular formula is C12H16BrN. The van der Waals surface area contributed by atoms with Gasteiger partial charge in [-0.1, -0.05) is 28.9 Å². The zero-order valence-corrected chi connectivity index (χ0v) is 10.1. The number of benzene rings is 1. The summed E-state index contributed by atoms with van der Waals surface area (Å²) in [5.41, 5.74) is 10.5. The van der Waals surface area contributed by atoms with E-state index in [1.54, 1.807) is 0 Å². The summed E-state index contributed by atoms with van der Waals surface area (Å²) >= 11 is 3.61. The standard InChI is InChI=1S/C12H16BrN/c1-2-12(14)10-6-7-11(13)9-5-3-4-8(9)10/h6-7,12H,2-5,14H2,1H3/t12-/m0/s1. The molecule has 1 aromatic carbocycles. The van der Waals surface area contributed by atoms with Crippen molar-refractivity contribution >= 4 is 15.9 Å². The molecule has 0 radical (unpaired) electrons. The van der Waals surface area contributed by atoms with Gasteiger partial charge in [0.05, 0.1) is 0 Å². The van der Waals surface area contributed by atoms with Gasteiger partial charge >= 0.3 is 0 Å². The Bertz CT molecular complexity index is 346. The monoisotopic (exact) mass is 253 g/mol. The van der Waals surface area contributed by atoms with Crippen LogP contribution in [-0.4, -0.2) is 0 Å². The van der Waals surface area contributed by atoms with Crippen LogP contribution in [0, 0.1) is 0 Å². The predicted molar refractivity (Wildman–Crippen MR) is 63.4 cm³/mol. The fourth-order valence-electron chi connectivity index (χ4n) is 2.26. The van der Waals surface area contributed by atoms with Gasteiger partial charge in [0.2, 0.25) is 0 Å². The Morgan fingerprint density at radius 2 is 2.07 bits per heavy atom. The lowest BCUT2D eigenvalue weighted by molar-refractivity contribution is 0.690. The first-order valence-electron chi connectivity index (χ1n) is 5.29. The van der Waals surface area contributed by atoms with Gasteiger partial charge in [-0.05, 0) is 48.4 Å². The fourth-order valence-corrected chi connectivity index (χ4v) is 2.83. The van der Waals surface area contributed by atoms with Crippen LogP contribution in [-0.2, 0) is 12.8 Å². The molecule has 1 aliphatic carbocycles. The molecular weight excluding hydrogens is 238 g/mol. The molecule has 0 spiro atoms. The lowest BCUT2D eigenvalue weighted by Gasteiger charge is -2.15. The number of hydrogen-bond acceptors (Lipinski definition) is 1. The quantitative estimate of drug-likeness (QED) is 0.860. The molecule has 0 saturated heterocycles. The van der Waals surface area contributed by atoms with Gasteiger partial charge in [0.25, 0.3) is 0 Å². The van der Waals surface area contributed by atoms with Gasteiger partial charge < -0.3 is 5.73 Å². The molecule has 0 amide bonds. The first-order valence-corrected chi connectivity index (χ1v) is 6.09. The molecule has 0 unspecified atom stereocenters. The third-order valence-corrected chi connectivity index (χ3v) is 3.85. The van der Waals surface area contributed by atoms with E-state index >= 15 is 0 Å². The molecule has 1 aromatic rings. The van der Waals surface area contributed by atoms with Gasteiger partial charge in [0.15, 0.2) is 0 Å². The summed E-state index contributed by atoms with van der Waals surface area (Å²) in [6.45, 7) is 2.15. The second kappa shape index (κ2) is 4.03. The zero-order chi connectivity index (χ0) is 10.1. The highest BCUT2D eigenvalue weighted by molar-refractivity contribution is 9.10. The van der Waals surface area contributed by atoms with Gasteiger partial charge in [-0.25, -0.2) is 0 Å². The molecule has 2 heteroatoms. The molecule has 0 heterocycles. The van der Waals surface area contributed by atoms with E-state index in [0.717, 1.165) is 6.42 Å². The topological polar surface area (TPSA) is 26.0 Å². The van der Waals surface area contributed by atoms with E-state index in [9.17, 15) is 0 Å². The second-order valence-electron chi connectivity index (χ2n) is 3.96. The Morgan fingerprint density at radius 3 is 2.79 bits per heavy atom. The summed E-state index contributed by atoms with van der Waals surface area (Å²) in [5.74, 6) is 0. The normalized spacial score (nSPS) is 16.8. The summed E-state index contributed by atoms with van der Waals surface area (Å²) in [4.78, 5) is 0. The van der Waals surface area contributed by atoms with Crippen LogP contribution < -0.4 is 5.73 Å². The number of fused-ring (bicyclic) bond motifs is 1. The highest BCUT2D eigenvalue weighted by atomic mass is 79.9. The van der Waals surface area contributed by atoms with Crippen LogP contribution in [0.25, 0.3) is 0 Å². The van der Waals surface area contributed by atoms with Crippen molar-refractivity contribution in [2.24, 2.45) is 5.73 Å². The lowest BCUT2D eigenvalue weighted by atomic mass is 9.96. The first kappa shape index (κ1) is 10.2. The third kappa shape index (κ3) is 1.61. The van der Waals surface area contributed by atoms with E-state index in [-0.39, 0.29) is 6.04 Å². The molecule has 1 atom stereocenters. The summed E-state index contributed by atoms with van der Waals surface area (Å²) < 4.78 is 1.26. The van der Waals surface area contributed by atoms with E-state index in [4.69, 9.17) is 5.73 Å².